The number of nitrogens with zero attached hydrogens (tertiary/aromatic N) is 16. The summed E-state index contributed by atoms with van der Waals surface area (Å²) in [6.07, 6.45) is 12.9. The number of nitrogens with two attached hydrogens (primary N) is 2. The van der Waals surface area contributed by atoms with E-state index in [0.29, 0.717) is 82.2 Å². The largest absolute Gasteiger partial charge is 0.478 e. The second-order valence-corrected chi connectivity index (χ2v) is 27.8. The molecule has 40 heteroatoms. The molecule has 119 heavy (non-hydrogen) atoms. The number of carboxylic acid groups (broad SMARTS) is 1. The summed E-state index contributed by atoms with van der Waals surface area (Å²) in [7, 11) is 0. The van der Waals surface area contributed by atoms with Gasteiger partial charge in [-0.25, -0.2) is 122 Å². The van der Waals surface area contributed by atoms with Crippen molar-refractivity contribution in [2.75, 3.05) is 35.3 Å². The van der Waals surface area contributed by atoms with Gasteiger partial charge in [0.05, 0.1) is 57.4 Å². The normalized spacial score (nSPS) is 13.8. The fourth-order valence-corrected chi connectivity index (χ4v) is 12.6. The van der Waals surface area contributed by atoms with E-state index in [9.17, 15) is 45.5 Å². The van der Waals surface area contributed by atoms with Gasteiger partial charge in [0.25, 0.3) is 17.7 Å². The zero-order valence-corrected chi connectivity index (χ0v) is 66.0. The number of carbonyl (C=O) groups excluding carboxylic acids is 3. The van der Waals surface area contributed by atoms with Crippen molar-refractivity contribution in [1.82, 2.24) is 94.9 Å². The molecule has 0 aliphatic carbocycles. The Labute approximate surface area is 679 Å². The number of hydroxylamine groups is 3. The number of anilines is 6. The Hall–Kier alpha value is -13.3. The van der Waals surface area contributed by atoms with Crippen LogP contribution in [0.3, 0.4) is 0 Å². The van der Waals surface area contributed by atoms with Gasteiger partial charge in [0.1, 0.15) is 74.4 Å². The first-order chi connectivity index (χ1) is 56.9. The van der Waals surface area contributed by atoms with Crippen LogP contribution in [-0.4, -0.2) is 138 Å². The molecule has 11 N–H and O–H groups in total. The summed E-state index contributed by atoms with van der Waals surface area (Å²) < 4.78 is 104. The summed E-state index contributed by atoms with van der Waals surface area (Å²) in [4.78, 5) is 108. The van der Waals surface area contributed by atoms with Gasteiger partial charge in [0.2, 0.25) is 17.2 Å². The summed E-state index contributed by atoms with van der Waals surface area (Å²) in [5.41, 5.74) is 20.8. The van der Waals surface area contributed by atoms with Gasteiger partial charge in [-0.05, 0) is 185 Å². The smallest absolute Gasteiger partial charge is 0.337 e. The van der Waals surface area contributed by atoms with Gasteiger partial charge in [-0.1, -0.05) is 0 Å². The quantitative estimate of drug-likeness (QED) is 0.0167. The number of hydrogen-bond acceptors (Lipinski definition) is 26. The van der Waals surface area contributed by atoms with Crippen molar-refractivity contribution in [3.63, 3.8) is 0 Å². The number of aromatic carboxylic acids is 1. The first-order valence-electron chi connectivity index (χ1n) is 36.9. The molecule has 12 heterocycles. The number of halogens is 7. The fraction of sp³-hybridized carbons (Fsp3) is 0.278. The van der Waals surface area contributed by atoms with Gasteiger partial charge in [-0.15, -0.1) is 0 Å². The van der Waals surface area contributed by atoms with E-state index in [-0.39, 0.29) is 115 Å². The molecule has 0 spiro atoms. The molecule has 0 bridgehead atoms. The number of amides is 3. The van der Waals surface area contributed by atoms with Crippen LogP contribution in [0.15, 0.2) is 128 Å². The molecular formula is C79H80ClF6N23O10. The van der Waals surface area contributed by atoms with E-state index in [1.807, 2.05) is 55.2 Å². The predicted octanol–water partition coefficient (Wildman–Crippen LogP) is 14.4. The number of carbonyl (C=O) groups is 4. The number of carboxylic acids is 1. The van der Waals surface area contributed by atoms with Crippen molar-refractivity contribution >= 4 is 104 Å². The predicted molar refractivity (Wildman–Crippen MR) is 425 cm³/mol. The molecular weight excluding hydrogens is 1580 g/mol. The van der Waals surface area contributed by atoms with Crippen LogP contribution in [0.2, 0.25) is 5.28 Å². The number of benzene rings is 3. The van der Waals surface area contributed by atoms with E-state index in [0.717, 1.165) is 50.7 Å². The average molecular weight is 1660 g/mol. The zero-order valence-electron chi connectivity index (χ0n) is 65.3. The molecule has 2 unspecified atom stereocenters. The van der Waals surface area contributed by atoms with Crippen LogP contribution >= 0.6 is 11.6 Å². The maximum atomic E-state index is 14.9. The second kappa shape index (κ2) is 39.1. The third-order valence-corrected chi connectivity index (χ3v) is 18.1. The lowest BCUT2D eigenvalue weighted by Gasteiger charge is -2.22. The van der Waals surface area contributed by atoms with Gasteiger partial charge in [0, 0.05) is 85.7 Å². The van der Waals surface area contributed by atoms with Crippen LogP contribution in [0, 0.1) is 55.7 Å². The minimum Gasteiger partial charge on any atom is -0.478 e. The molecule has 3 aromatic carbocycles. The van der Waals surface area contributed by atoms with E-state index in [4.69, 9.17) is 52.5 Å². The third-order valence-electron chi connectivity index (χ3n) is 17.9. The highest BCUT2D eigenvalue weighted by Gasteiger charge is 2.25. The first-order valence-corrected chi connectivity index (χ1v) is 37.3. The Balaban J connectivity index is 0.000000154. The summed E-state index contributed by atoms with van der Waals surface area (Å²) in [5.74, 6) is -2.87. The maximum Gasteiger partial charge on any atom is 0.337 e. The second-order valence-electron chi connectivity index (χ2n) is 27.5. The SMILES string of the molecule is Cc1nc2c(F)cc(-c3nc(Cl)ncc3F)cc2n1C(C)C.Cc1nc2c(F)cc(-c3nc(Nc4ccc(C(=O)NO)cn4)ncc3F)cc2n1C(C)C.Cc1nc2c(F)cc(-c3nc(Nc4ccc(C(=O)NOC5CCCCO5)cn4)ncc3F)cc2n1C(C)C.Nc1ccc(C(=O)NOC2CCCCO2)cn1.Nc1ccc(C(=O)O)cn1. The summed E-state index contributed by atoms with van der Waals surface area (Å²) >= 11 is 5.71. The number of rotatable bonds is 18. The lowest BCUT2D eigenvalue weighted by atomic mass is 10.1. The number of hydrogen-bond donors (Lipinski definition) is 9. The highest BCUT2D eigenvalue weighted by molar-refractivity contribution is 6.28. The highest BCUT2D eigenvalue weighted by Crippen LogP contribution is 2.35. The highest BCUT2D eigenvalue weighted by atomic mass is 35.5. The van der Waals surface area contributed by atoms with Gasteiger partial charge in [0.15, 0.2) is 47.5 Å². The number of nitrogens with one attached hydrogen (secondary N) is 5. The van der Waals surface area contributed by atoms with E-state index < -0.39 is 59.0 Å². The number of ether oxygens (including phenoxy) is 2. The molecule has 2 aliphatic heterocycles. The number of fused-ring (bicyclic) bond motifs is 3. The van der Waals surface area contributed by atoms with E-state index in [2.05, 4.69) is 86.4 Å². The molecule has 2 atom stereocenters. The van der Waals surface area contributed by atoms with Crippen LogP contribution in [0.4, 0.5) is 61.5 Å². The summed E-state index contributed by atoms with van der Waals surface area (Å²) in [5, 5.41) is 22.7. The van der Waals surface area contributed by atoms with Crippen LogP contribution < -0.4 is 38.5 Å². The Kier molecular flexibility index (Phi) is 28.4. The molecule has 13 aromatic rings. The molecule has 2 saturated heterocycles. The first kappa shape index (κ1) is 86.5. The molecule has 0 radical (unpaired) electrons. The van der Waals surface area contributed by atoms with Gasteiger partial charge < -0.3 is 50.4 Å². The van der Waals surface area contributed by atoms with Gasteiger partial charge >= 0.3 is 5.97 Å². The molecule has 10 aromatic heterocycles. The van der Waals surface area contributed by atoms with Gasteiger partial charge in [-0.2, -0.15) is 0 Å². The number of aromatic nitrogens is 16. The topological polar surface area (TPSA) is 440 Å². The van der Waals surface area contributed by atoms with Crippen molar-refractivity contribution in [1.29, 1.82) is 0 Å². The average Bonchev–Trinajstić information content (AvgIpc) is 1.64. The maximum absolute atomic E-state index is 14.9. The minimum atomic E-state index is -0.993. The molecule has 15 rings (SSSR count). The van der Waals surface area contributed by atoms with Crippen LogP contribution in [0.5, 0.6) is 0 Å². The molecule has 2 aliphatic rings. The van der Waals surface area contributed by atoms with Crippen molar-refractivity contribution in [3.05, 3.63) is 208 Å². The monoisotopic (exact) mass is 1660 g/mol. The lowest BCUT2D eigenvalue weighted by Crippen LogP contribution is -2.33. The van der Waals surface area contributed by atoms with Crippen molar-refractivity contribution in [2.45, 2.75) is 132 Å². The van der Waals surface area contributed by atoms with Crippen molar-refractivity contribution in [2.24, 2.45) is 0 Å². The molecule has 3 amide bonds. The fourth-order valence-electron chi connectivity index (χ4n) is 12.5. The Morgan fingerprint density at radius 1 is 0.454 bits per heavy atom. The summed E-state index contributed by atoms with van der Waals surface area (Å²) in [6, 6.07) is 20.7. The van der Waals surface area contributed by atoms with Crippen LogP contribution in [0.25, 0.3) is 66.9 Å². The van der Waals surface area contributed by atoms with E-state index >= 15 is 0 Å². The molecule has 33 nitrogen and oxygen atoms in total. The molecule has 620 valence electrons. The van der Waals surface area contributed by atoms with E-state index in [1.54, 1.807) is 63.2 Å². The molecule has 0 saturated carbocycles. The third kappa shape index (κ3) is 21.7. The number of nitrogen functional groups attached to an aromatic ring is 2. The Bertz CT molecular complexity index is 5800. The Morgan fingerprint density at radius 3 is 1.13 bits per heavy atom. The number of imidazole rings is 3. The van der Waals surface area contributed by atoms with E-state index in [1.165, 1.54) is 72.7 Å². The summed E-state index contributed by atoms with van der Waals surface area (Å²) in [6.45, 7) is 18.4. The lowest BCUT2D eigenvalue weighted by molar-refractivity contribution is -0.186. The number of aryl methyl sites for hydroxylation is 3. The zero-order chi connectivity index (χ0) is 85.5. The Morgan fingerprint density at radius 2 is 0.807 bits per heavy atom. The molecule has 2 fully saturated rings. The van der Waals surface area contributed by atoms with Crippen molar-refractivity contribution < 1.29 is 75.0 Å². The van der Waals surface area contributed by atoms with Crippen LogP contribution in [0.1, 0.15) is 157 Å². The number of pyridine rings is 4. The van der Waals surface area contributed by atoms with Gasteiger partial charge in [-0.3, -0.25) is 19.6 Å². The van der Waals surface area contributed by atoms with Crippen LogP contribution in [-0.2, 0) is 19.1 Å². The van der Waals surface area contributed by atoms with Crippen molar-refractivity contribution in [3.8, 4) is 33.8 Å². The standard InChI is InChI=1S/C26H27F2N7O3.C21H19F2N7O2.C15H13ClF2N4.C11H15N3O3.C6H6N2O2/c1-14(2)35-15(3)31-24-18(27)10-17(11-20(24)35)23-19(28)13-30-26(33-23)32-21-8-7-16(12-29-21)25(36)34-38-22-6-4-5-9-37-22;1-10(2)30-11(3)26-19-14(22)6-13(7-16(19)30)18-15(23)9-25-21(28-18)27-17-5-4-12(8-24-17)20(31)29-32;1-7(2)22-8(3)20-14-10(17)4-9(5-12(14)22)13-11(18)6-19-15(16)21-13;12-9-5-4-8(7-13-9)11(15)14-17-10-3-1-2-6-16-10;7-5-2-1-4(3-8-5)6(9)10/h7-8,10-14,22H,4-6,9H2,1-3H3,(H,34,36)(H,29,30,32,33);4-10,32H,1-3H3,(H,29,31)(H,24,25,27,28);4-7H,1-3H3;4-5,7,10H,1-3,6H2,(H2,12,13)(H,14,15);1-3H,(H2,7,8)(H,9,10). The minimum absolute atomic E-state index is 0.0299.